The Kier molecular flexibility index (Phi) is 2.80. The van der Waals surface area contributed by atoms with Crippen LogP contribution in [0, 0.1) is 5.82 Å². The molecule has 2 N–H and O–H groups in total. The summed E-state index contributed by atoms with van der Waals surface area (Å²) >= 11 is 3.05. The van der Waals surface area contributed by atoms with Gasteiger partial charge in [0, 0.05) is 9.58 Å². The molecule has 0 amide bonds. The maximum Gasteiger partial charge on any atom is 0.231 e. The molecule has 0 spiro atoms. The Hall–Kier alpha value is -2.18. The van der Waals surface area contributed by atoms with E-state index in [4.69, 9.17) is 10.3 Å². The zero-order chi connectivity index (χ0) is 14.4. The van der Waals surface area contributed by atoms with Crippen LogP contribution in [0.2, 0.25) is 0 Å². The van der Waals surface area contributed by atoms with Gasteiger partial charge in [0.05, 0.1) is 10.4 Å². The normalized spacial score (nSPS) is 11.3. The summed E-state index contributed by atoms with van der Waals surface area (Å²) < 4.78 is 19.3. The van der Waals surface area contributed by atoms with E-state index in [1.807, 2.05) is 23.6 Å². The highest BCUT2D eigenvalue weighted by Crippen LogP contribution is 2.42. The monoisotopic (exact) mass is 316 g/mol. The Morgan fingerprint density at radius 1 is 1.14 bits per heavy atom. The summed E-state index contributed by atoms with van der Waals surface area (Å²) in [5, 5.41) is 7.04. The number of hydrogen-bond donors (Lipinski definition) is 1. The molecule has 0 radical (unpaired) electrons. The van der Waals surface area contributed by atoms with E-state index in [-0.39, 0.29) is 5.82 Å². The number of benzene rings is 1. The highest BCUT2D eigenvalue weighted by molar-refractivity contribution is 7.22. The quantitative estimate of drug-likeness (QED) is 0.566. The third-order valence-electron chi connectivity index (χ3n) is 3.20. The SMILES string of the molecule is Nc1onc(-c2cc3ccc(F)cc3s2)c1-c1cccs1. The molecule has 3 nitrogen and oxygen atoms in total. The van der Waals surface area contributed by atoms with E-state index in [0.717, 1.165) is 25.4 Å². The molecule has 3 aromatic heterocycles. The van der Waals surface area contributed by atoms with Crippen molar-refractivity contribution in [3.63, 3.8) is 0 Å². The van der Waals surface area contributed by atoms with Gasteiger partial charge in [-0.2, -0.15) is 0 Å². The third-order valence-corrected chi connectivity index (χ3v) is 5.19. The fraction of sp³-hybridized carbons (Fsp3) is 0. The fourth-order valence-corrected chi connectivity index (χ4v) is 4.10. The minimum atomic E-state index is -0.242. The van der Waals surface area contributed by atoms with Crippen LogP contribution >= 0.6 is 22.7 Å². The highest BCUT2D eigenvalue weighted by atomic mass is 32.1. The van der Waals surface area contributed by atoms with Crippen LogP contribution in [0.25, 0.3) is 31.1 Å². The van der Waals surface area contributed by atoms with Gasteiger partial charge in [-0.15, -0.1) is 22.7 Å². The first-order valence-corrected chi connectivity index (χ1v) is 7.90. The Morgan fingerprint density at radius 2 is 2.05 bits per heavy atom. The largest absolute Gasteiger partial charge is 0.367 e. The van der Waals surface area contributed by atoms with Gasteiger partial charge < -0.3 is 10.3 Å². The maximum absolute atomic E-state index is 13.3. The van der Waals surface area contributed by atoms with Gasteiger partial charge in [-0.05, 0) is 35.0 Å². The summed E-state index contributed by atoms with van der Waals surface area (Å²) in [5.74, 6) is 0.0603. The molecule has 21 heavy (non-hydrogen) atoms. The van der Waals surface area contributed by atoms with Crippen molar-refractivity contribution < 1.29 is 8.91 Å². The van der Waals surface area contributed by atoms with Gasteiger partial charge in [0.25, 0.3) is 0 Å². The second-order valence-electron chi connectivity index (χ2n) is 4.54. The molecule has 0 unspecified atom stereocenters. The van der Waals surface area contributed by atoms with Crippen LogP contribution in [-0.4, -0.2) is 5.16 Å². The fourth-order valence-electron chi connectivity index (χ4n) is 2.25. The first-order chi connectivity index (χ1) is 10.2. The molecule has 0 saturated heterocycles. The molecule has 104 valence electrons. The molecule has 4 rings (SSSR count). The van der Waals surface area contributed by atoms with E-state index in [1.54, 1.807) is 17.4 Å². The van der Waals surface area contributed by atoms with E-state index >= 15 is 0 Å². The summed E-state index contributed by atoms with van der Waals surface area (Å²) in [6.45, 7) is 0. The van der Waals surface area contributed by atoms with Gasteiger partial charge >= 0.3 is 0 Å². The molecular formula is C15H9FN2OS2. The topological polar surface area (TPSA) is 52.0 Å². The Bertz CT molecular complexity index is 925. The minimum absolute atomic E-state index is 0.242. The van der Waals surface area contributed by atoms with Crippen LogP contribution in [0.15, 0.2) is 46.3 Å². The standard InChI is InChI=1S/C15H9FN2OS2/c16-9-4-3-8-6-12(21-11(8)7-9)14-13(15(17)19-18-14)10-2-1-5-20-10/h1-7H,17H2. The number of aromatic nitrogens is 1. The van der Waals surface area contributed by atoms with Crippen molar-refractivity contribution in [1.29, 1.82) is 0 Å². The Morgan fingerprint density at radius 3 is 2.86 bits per heavy atom. The van der Waals surface area contributed by atoms with Crippen LogP contribution in [-0.2, 0) is 0 Å². The van der Waals surface area contributed by atoms with Crippen molar-refractivity contribution >= 4 is 38.6 Å². The van der Waals surface area contributed by atoms with Crippen LogP contribution < -0.4 is 5.73 Å². The zero-order valence-electron chi connectivity index (χ0n) is 10.7. The molecule has 0 aliphatic rings. The first-order valence-electron chi connectivity index (χ1n) is 6.21. The number of thiophene rings is 2. The smallest absolute Gasteiger partial charge is 0.231 e. The first kappa shape index (κ1) is 12.6. The predicted molar refractivity (Wildman–Crippen MR) is 85.0 cm³/mol. The summed E-state index contributed by atoms with van der Waals surface area (Å²) in [4.78, 5) is 1.92. The summed E-state index contributed by atoms with van der Waals surface area (Å²) in [5.41, 5.74) is 7.42. The summed E-state index contributed by atoms with van der Waals surface area (Å²) in [6, 6.07) is 10.7. The Labute approximate surface area is 127 Å². The lowest BCUT2D eigenvalue weighted by Crippen LogP contribution is -1.84. The number of anilines is 1. The van der Waals surface area contributed by atoms with Gasteiger partial charge in [0.1, 0.15) is 11.5 Å². The van der Waals surface area contributed by atoms with Crippen LogP contribution in [0.5, 0.6) is 0 Å². The molecule has 4 aromatic rings. The van der Waals surface area contributed by atoms with Crippen molar-refractivity contribution in [3.8, 4) is 21.0 Å². The van der Waals surface area contributed by atoms with Gasteiger partial charge in [0.15, 0.2) is 0 Å². The van der Waals surface area contributed by atoms with Crippen LogP contribution in [0.4, 0.5) is 10.3 Å². The van der Waals surface area contributed by atoms with E-state index in [9.17, 15) is 4.39 Å². The predicted octanol–water partition coefficient (Wildman–Crippen LogP) is 5.01. The number of nitrogens with two attached hydrogens (primary N) is 1. The summed E-state index contributed by atoms with van der Waals surface area (Å²) in [7, 11) is 0. The lowest BCUT2D eigenvalue weighted by atomic mass is 10.1. The van der Waals surface area contributed by atoms with E-state index in [2.05, 4.69) is 5.16 Å². The van der Waals surface area contributed by atoms with E-state index in [0.29, 0.717) is 11.6 Å². The van der Waals surface area contributed by atoms with Gasteiger partial charge in [-0.25, -0.2) is 4.39 Å². The second kappa shape index (κ2) is 4.68. The molecule has 0 bridgehead atoms. The lowest BCUT2D eigenvalue weighted by molar-refractivity contribution is 0.439. The summed E-state index contributed by atoms with van der Waals surface area (Å²) in [6.07, 6.45) is 0. The lowest BCUT2D eigenvalue weighted by Gasteiger charge is -1.96. The van der Waals surface area contributed by atoms with Gasteiger partial charge in [0.2, 0.25) is 5.88 Å². The third kappa shape index (κ3) is 2.03. The second-order valence-corrected chi connectivity index (χ2v) is 6.57. The van der Waals surface area contributed by atoms with E-state index in [1.165, 1.54) is 23.5 Å². The number of halogens is 1. The van der Waals surface area contributed by atoms with Gasteiger partial charge in [-0.1, -0.05) is 17.3 Å². The maximum atomic E-state index is 13.3. The van der Waals surface area contributed by atoms with Crippen molar-refractivity contribution in [2.45, 2.75) is 0 Å². The molecule has 3 heterocycles. The number of fused-ring (bicyclic) bond motifs is 1. The molecule has 0 aliphatic heterocycles. The zero-order valence-corrected chi connectivity index (χ0v) is 12.3. The van der Waals surface area contributed by atoms with E-state index < -0.39 is 0 Å². The Balaban J connectivity index is 1.93. The number of hydrogen-bond acceptors (Lipinski definition) is 5. The molecule has 0 atom stereocenters. The molecular weight excluding hydrogens is 307 g/mol. The number of rotatable bonds is 2. The molecule has 0 aliphatic carbocycles. The van der Waals surface area contributed by atoms with Crippen LogP contribution in [0.1, 0.15) is 0 Å². The van der Waals surface area contributed by atoms with Crippen molar-refractivity contribution in [2.24, 2.45) is 0 Å². The minimum Gasteiger partial charge on any atom is -0.367 e. The molecule has 1 aromatic carbocycles. The van der Waals surface area contributed by atoms with Crippen molar-refractivity contribution in [1.82, 2.24) is 5.16 Å². The number of nitrogens with zero attached hydrogens (tertiary/aromatic N) is 1. The van der Waals surface area contributed by atoms with Crippen molar-refractivity contribution in [2.75, 3.05) is 5.73 Å². The molecule has 0 fully saturated rings. The van der Waals surface area contributed by atoms with Crippen molar-refractivity contribution in [3.05, 3.63) is 47.6 Å². The highest BCUT2D eigenvalue weighted by Gasteiger charge is 2.20. The van der Waals surface area contributed by atoms with Crippen LogP contribution in [0.3, 0.4) is 0 Å². The average Bonchev–Trinajstić information content (AvgIpc) is 3.15. The number of nitrogen functional groups attached to an aromatic ring is 1. The average molecular weight is 316 g/mol. The molecule has 0 saturated carbocycles. The molecule has 6 heteroatoms. The van der Waals surface area contributed by atoms with Gasteiger partial charge in [-0.3, -0.25) is 0 Å².